The van der Waals surface area contributed by atoms with Gasteiger partial charge in [0.15, 0.2) is 0 Å². The van der Waals surface area contributed by atoms with Crippen molar-refractivity contribution in [3.63, 3.8) is 0 Å². The second-order valence-electron chi connectivity index (χ2n) is 8.24. The SMILES string of the molecule is C=CCC[C@H](O)CN(CCN1CCOCC1)Cc1nc2sc(C(C)C)cc2c(=O)[nH]1. The molecule has 2 aromatic heterocycles. The summed E-state index contributed by atoms with van der Waals surface area (Å²) in [5.41, 5.74) is -0.0847. The maximum Gasteiger partial charge on any atom is 0.259 e. The van der Waals surface area contributed by atoms with Crippen LogP contribution in [0.2, 0.25) is 0 Å². The standard InChI is InChI=1S/C22H34N4O3S/c1-4-5-6-17(27)14-26(8-7-25-9-11-29-12-10-25)15-20-23-21(28)18-13-19(16(2)3)30-22(18)24-20/h4,13,16-17,27H,1,5-12,14-15H2,2-3H3,(H,23,24,28)/t17-/m0/s1. The number of thiophene rings is 1. The average molecular weight is 435 g/mol. The van der Waals surface area contributed by atoms with Crippen LogP contribution in [-0.2, 0) is 11.3 Å². The highest BCUT2D eigenvalue weighted by Crippen LogP contribution is 2.27. The van der Waals surface area contributed by atoms with E-state index in [1.165, 1.54) is 4.88 Å². The van der Waals surface area contributed by atoms with Crippen molar-refractivity contribution in [1.29, 1.82) is 0 Å². The van der Waals surface area contributed by atoms with Gasteiger partial charge in [0.25, 0.3) is 5.56 Å². The molecule has 2 N–H and O–H groups in total. The van der Waals surface area contributed by atoms with Gasteiger partial charge in [-0.25, -0.2) is 4.98 Å². The van der Waals surface area contributed by atoms with E-state index in [4.69, 9.17) is 9.72 Å². The zero-order chi connectivity index (χ0) is 21.5. The number of aromatic amines is 1. The van der Waals surface area contributed by atoms with Crippen molar-refractivity contribution in [2.45, 2.75) is 45.3 Å². The van der Waals surface area contributed by atoms with Gasteiger partial charge < -0.3 is 14.8 Å². The smallest absolute Gasteiger partial charge is 0.259 e. The lowest BCUT2D eigenvalue weighted by Gasteiger charge is -2.30. The number of nitrogens with zero attached hydrogens (tertiary/aromatic N) is 3. The number of aliphatic hydroxyl groups excluding tert-OH is 1. The molecule has 0 unspecified atom stereocenters. The Kier molecular flexibility index (Phi) is 8.59. The van der Waals surface area contributed by atoms with E-state index in [1.54, 1.807) is 11.3 Å². The number of H-pyrrole nitrogens is 1. The molecule has 0 aliphatic carbocycles. The van der Waals surface area contributed by atoms with Crippen molar-refractivity contribution in [1.82, 2.24) is 19.8 Å². The Morgan fingerprint density at radius 2 is 2.20 bits per heavy atom. The van der Waals surface area contributed by atoms with Crippen LogP contribution in [0.5, 0.6) is 0 Å². The van der Waals surface area contributed by atoms with E-state index in [1.807, 2.05) is 12.1 Å². The third-order valence-corrected chi connectivity index (χ3v) is 6.75. The van der Waals surface area contributed by atoms with Gasteiger partial charge in [-0.05, 0) is 24.8 Å². The van der Waals surface area contributed by atoms with E-state index in [0.29, 0.717) is 36.6 Å². The van der Waals surface area contributed by atoms with Gasteiger partial charge in [-0.1, -0.05) is 19.9 Å². The highest BCUT2D eigenvalue weighted by atomic mass is 32.1. The summed E-state index contributed by atoms with van der Waals surface area (Å²) in [4.78, 5) is 26.8. The van der Waals surface area contributed by atoms with Crippen LogP contribution in [0, 0.1) is 0 Å². The molecule has 7 nitrogen and oxygen atoms in total. The highest BCUT2D eigenvalue weighted by molar-refractivity contribution is 7.18. The first kappa shape index (κ1) is 23.1. The fraction of sp³-hybridized carbons (Fsp3) is 0.636. The zero-order valence-corrected chi connectivity index (χ0v) is 18.9. The minimum Gasteiger partial charge on any atom is -0.392 e. The lowest BCUT2D eigenvalue weighted by molar-refractivity contribution is 0.0285. The molecule has 0 amide bonds. The van der Waals surface area contributed by atoms with Crippen LogP contribution in [0.15, 0.2) is 23.5 Å². The molecular formula is C22H34N4O3S. The van der Waals surface area contributed by atoms with Crippen LogP contribution >= 0.6 is 11.3 Å². The van der Waals surface area contributed by atoms with Gasteiger partial charge in [0.1, 0.15) is 10.7 Å². The number of rotatable bonds is 11. The van der Waals surface area contributed by atoms with Gasteiger partial charge in [-0.15, -0.1) is 17.9 Å². The number of fused-ring (bicyclic) bond motifs is 1. The summed E-state index contributed by atoms with van der Waals surface area (Å²) in [5.74, 6) is 1.03. The summed E-state index contributed by atoms with van der Waals surface area (Å²) in [6.45, 7) is 14.1. The molecule has 1 aliphatic heterocycles. The van der Waals surface area contributed by atoms with E-state index in [0.717, 1.165) is 50.6 Å². The first-order valence-electron chi connectivity index (χ1n) is 10.8. The second kappa shape index (κ2) is 11.2. The average Bonchev–Trinajstić information content (AvgIpc) is 3.16. The lowest BCUT2D eigenvalue weighted by atomic mass is 10.2. The van der Waals surface area contributed by atoms with Gasteiger partial charge in [0.2, 0.25) is 0 Å². The van der Waals surface area contributed by atoms with Crippen LogP contribution in [0.1, 0.15) is 43.3 Å². The number of ether oxygens (including phenoxy) is 1. The quantitative estimate of drug-likeness (QED) is 0.529. The predicted molar refractivity (Wildman–Crippen MR) is 122 cm³/mol. The monoisotopic (exact) mass is 434 g/mol. The topological polar surface area (TPSA) is 81.7 Å². The Bertz CT molecular complexity index is 873. The second-order valence-corrected chi connectivity index (χ2v) is 9.31. The summed E-state index contributed by atoms with van der Waals surface area (Å²) in [6.07, 6.45) is 2.87. The molecule has 0 spiro atoms. The molecule has 0 saturated carbocycles. The number of hydrogen-bond acceptors (Lipinski definition) is 7. The first-order valence-corrected chi connectivity index (χ1v) is 11.6. The maximum atomic E-state index is 12.6. The minimum absolute atomic E-state index is 0.0847. The van der Waals surface area contributed by atoms with Gasteiger partial charge in [-0.3, -0.25) is 14.6 Å². The zero-order valence-electron chi connectivity index (χ0n) is 18.1. The largest absolute Gasteiger partial charge is 0.392 e. The van der Waals surface area contributed by atoms with Crippen LogP contribution < -0.4 is 5.56 Å². The van der Waals surface area contributed by atoms with Crippen LogP contribution in [0.25, 0.3) is 10.2 Å². The summed E-state index contributed by atoms with van der Waals surface area (Å²) in [6, 6.07) is 1.95. The summed E-state index contributed by atoms with van der Waals surface area (Å²) in [7, 11) is 0. The number of morpholine rings is 1. The molecule has 166 valence electrons. The van der Waals surface area contributed by atoms with Crippen molar-refractivity contribution < 1.29 is 9.84 Å². The van der Waals surface area contributed by atoms with E-state index in [9.17, 15) is 9.90 Å². The molecule has 3 rings (SSSR count). The van der Waals surface area contributed by atoms with E-state index in [2.05, 4.69) is 35.2 Å². The molecule has 1 aliphatic rings. The fourth-order valence-electron chi connectivity index (χ4n) is 3.61. The molecule has 0 radical (unpaired) electrons. The minimum atomic E-state index is -0.433. The Morgan fingerprint density at radius 3 is 2.90 bits per heavy atom. The molecule has 1 atom stereocenters. The van der Waals surface area contributed by atoms with Crippen molar-refractivity contribution in [2.75, 3.05) is 45.9 Å². The molecule has 0 aromatic carbocycles. The molecule has 1 fully saturated rings. The van der Waals surface area contributed by atoms with Crippen molar-refractivity contribution in [3.8, 4) is 0 Å². The summed E-state index contributed by atoms with van der Waals surface area (Å²) >= 11 is 1.59. The Morgan fingerprint density at radius 1 is 1.43 bits per heavy atom. The molecule has 2 aromatic rings. The lowest BCUT2D eigenvalue weighted by Crippen LogP contribution is -2.43. The molecular weight excluding hydrogens is 400 g/mol. The maximum absolute atomic E-state index is 12.6. The number of aromatic nitrogens is 2. The fourth-order valence-corrected chi connectivity index (χ4v) is 4.66. The van der Waals surface area contributed by atoms with Crippen LogP contribution in [0.4, 0.5) is 0 Å². The van der Waals surface area contributed by atoms with Gasteiger partial charge in [0, 0.05) is 37.6 Å². The summed E-state index contributed by atoms with van der Waals surface area (Å²) < 4.78 is 5.43. The molecule has 0 bridgehead atoms. The van der Waals surface area contributed by atoms with Crippen molar-refractivity contribution >= 4 is 21.6 Å². The Labute approximate surface area is 182 Å². The number of hydrogen-bond donors (Lipinski definition) is 2. The van der Waals surface area contributed by atoms with Gasteiger partial charge >= 0.3 is 0 Å². The molecule has 8 heteroatoms. The summed E-state index contributed by atoms with van der Waals surface area (Å²) in [5, 5.41) is 11.1. The predicted octanol–water partition coefficient (Wildman–Crippen LogP) is 2.57. The number of nitrogens with one attached hydrogen (secondary N) is 1. The van der Waals surface area contributed by atoms with E-state index >= 15 is 0 Å². The van der Waals surface area contributed by atoms with E-state index in [-0.39, 0.29) is 5.56 Å². The van der Waals surface area contributed by atoms with Gasteiger partial charge in [-0.2, -0.15) is 0 Å². The first-order chi connectivity index (χ1) is 14.5. The van der Waals surface area contributed by atoms with Crippen molar-refractivity contribution in [2.24, 2.45) is 0 Å². The third-order valence-electron chi connectivity index (χ3n) is 5.42. The Hall–Kier alpha value is -1.58. The van der Waals surface area contributed by atoms with Gasteiger partial charge in [0.05, 0.1) is 31.2 Å². The molecule has 30 heavy (non-hydrogen) atoms. The normalized spacial score (nSPS) is 16.6. The van der Waals surface area contributed by atoms with Crippen LogP contribution in [0.3, 0.4) is 0 Å². The molecule has 1 saturated heterocycles. The van der Waals surface area contributed by atoms with E-state index < -0.39 is 6.10 Å². The van der Waals surface area contributed by atoms with Crippen molar-refractivity contribution in [3.05, 3.63) is 39.8 Å². The van der Waals surface area contributed by atoms with Crippen LogP contribution in [-0.4, -0.2) is 76.9 Å². The molecule has 3 heterocycles. The number of allylic oxidation sites excluding steroid dienone is 1. The highest BCUT2D eigenvalue weighted by Gasteiger charge is 2.18. The third kappa shape index (κ3) is 6.46. The number of aliphatic hydroxyl groups is 1. The Balaban J connectivity index is 1.72.